The predicted octanol–water partition coefficient (Wildman–Crippen LogP) is 2.86. The first kappa shape index (κ1) is 13.6. The average molecular weight is 335 g/mol. The quantitative estimate of drug-likeness (QED) is 0.841. The molecule has 0 bridgehead atoms. The molecule has 1 N–H and O–H groups in total. The largest absolute Gasteiger partial charge is 0.372 e. The van der Waals surface area contributed by atoms with Crippen molar-refractivity contribution < 1.29 is 4.74 Å². The van der Waals surface area contributed by atoms with Crippen molar-refractivity contribution in [3.63, 3.8) is 0 Å². The Balaban J connectivity index is 3.00. The number of anilines is 1. The molecule has 1 aromatic heterocycles. The molecule has 4 nitrogen and oxygen atoms in total. The number of rotatable bonds is 5. The summed E-state index contributed by atoms with van der Waals surface area (Å²) in [6.07, 6.45) is 1.79. The van der Waals surface area contributed by atoms with Crippen molar-refractivity contribution in [2.75, 3.05) is 19.0 Å². The van der Waals surface area contributed by atoms with Crippen LogP contribution in [-0.2, 0) is 4.74 Å². The van der Waals surface area contributed by atoms with Crippen molar-refractivity contribution in [1.29, 1.82) is 0 Å². The summed E-state index contributed by atoms with van der Waals surface area (Å²) in [5.74, 6) is 1.97. The minimum absolute atomic E-state index is 0.0332. The molecule has 0 saturated carbocycles. The van der Waals surface area contributed by atoms with Gasteiger partial charge in [-0.1, -0.05) is 13.8 Å². The number of aromatic nitrogens is 2. The number of hydrogen-bond donors (Lipinski definition) is 1. The Hall–Kier alpha value is -0.430. The lowest BCUT2D eigenvalue weighted by Crippen LogP contribution is -2.15. The summed E-state index contributed by atoms with van der Waals surface area (Å²) in [6, 6.07) is 0. The lowest BCUT2D eigenvalue weighted by Gasteiger charge is -2.19. The Morgan fingerprint density at radius 1 is 1.50 bits per heavy atom. The van der Waals surface area contributed by atoms with E-state index in [1.54, 1.807) is 0 Å². The van der Waals surface area contributed by atoms with E-state index in [0.717, 1.165) is 15.2 Å². The fraction of sp³-hybridized carbons (Fsp3) is 0.636. The number of ether oxygens (including phenoxy) is 1. The molecule has 0 fully saturated rings. The highest BCUT2D eigenvalue weighted by Crippen LogP contribution is 2.24. The van der Waals surface area contributed by atoms with Crippen LogP contribution in [0.25, 0.3) is 0 Å². The lowest BCUT2D eigenvalue weighted by molar-refractivity contribution is 0.0233. The van der Waals surface area contributed by atoms with Gasteiger partial charge in [-0.05, 0) is 35.4 Å². The Labute approximate surface area is 110 Å². The minimum Gasteiger partial charge on any atom is -0.372 e. The second-order valence-corrected chi connectivity index (χ2v) is 4.96. The molecule has 0 spiro atoms. The summed E-state index contributed by atoms with van der Waals surface area (Å²) in [5, 5.41) is 3.06. The molecule has 5 heteroatoms. The maximum atomic E-state index is 5.67. The zero-order valence-corrected chi connectivity index (χ0v) is 12.3. The third-order valence-electron chi connectivity index (χ3n) is 2.21. The van der Waals surface area contributed by atoms with Gasteiger partial charge in [-0.3, -0.25) is 0 Å². The molecule has 1 rings (SSSR count). The zero-order valence-electron chi connectivity index (χ0n) is 10.1. The fourth-order valence-electron chi connectivity index (χ4n) is 1.44. The highest BCUT2D eigenvalue weighted by atomic mass is 127. The number of nitrogens with zero attached hydrogens (tertiary/aromatic N) is 2. The standard InChI is InChI=1S/C11H18IN3O/c1-5-16-9(7(2)3)11-14-6-8(12)10(13-4)15-11/h6-7,9H,5H2,1-4H3,(H,13,14,15). The van der Waals surface area contributed by atoms with Crippen LogP contribution in [0.15, 0.2) is 6.20 Å². The Kier molecular flexibility index (Phi) is 5.40. The summed E-state index contributed by atoms with van der Waals surface area (Å²) in [4.78, 5) is 8.82. The van der Waals surface area contributed by atoms with Crippen LogP contribution in [-0.4, -0.2) is 23.6 Å². The van der Waals surface area contributed by atoms with Gasteiger partial charge < -0.3 is 10.1 Å². The van der Waals surface area contributed by atoms with Gasteiger partial charge in [0.15, 0.2) is 5.82 Å². The molecule has 0 aliphatic heterocycles. The number of halogens is 1. The molecule has 1 aromatic rings. The van der Waals surface area contributed by atoms with Crippen LogP contribution in [0.2, 0.25) is 0 Å². The molecule has 0 aliphatic carbocycles. The van der Waals surface area contributed by atoms with Crippen LogP contribution < -0.4 is 5.32 Å². The van der Waals surface area contributed by atoms with Crippen molar-refractivity contribution >= 4 is 28.4 Å². The van der Waals surface area contributed by atoms with E-state index >= 15 is 0 Å². The van der Waals surface area contributed by atoms with Gasteiger partial charge in [0.05, 0.1) is 3.57 Å². The third-order valence-corrected chi connectivity index (χ3v) is 3.00. The van der Waals surface area contributed by atoms with Gasteiger partial charge in [0.2, 0.25) is 0 Å². The van der Waals surface area contributed by atoms with E-state index in [4.69, 9.17) is 4.74 Å². The first-order valence-electron chi connectivity index (χ1n) is 5.41. The van der Waals surface area contributed by atoms with Gasteiger partial charge in [-0.2, -0.15) is 0 Å². The Bertz CT molecular complexity index is 344. The number of nitrogens with one attached hydrogen (secondary N) is 1. The SMILES string of the molecule is CCOC(c1ncc(I)c(NC)n1)C(C)C. The Morgan fingerprint density at radius 2 is 2.19 bits per heavy atom. The lowest BCUT2D eigenvalue weighted by atomic mass is 10.1. The van der Waals surface area contributed by atoms with Gasteiger partial charge in [-0.15, -0.1) is 0 Å². The van der Waals surface area contributed by atoms with Crippen molar-refractivity contribution in [3.05, 3.63) is 15.6 Å². The van der Waals surface area contributed by atoms with Crippen molar-refractivity contribution in [2.24, 2.45) is 5.92 Å². The molecule has 1 heterocycles. The fourth-order valence-corrected chi connectivity index (χ4v) is 1.97. The highest BCUT2D eigenvalue weighted by Gasteiger charge is 2.19. The first-order valence-corrected chi connectivity index (χ1v) is 6.49. The van der Waals surface area contributed by atoms with Gasteiger partial charge in [0, 0.05) is 19.9 Å². The van der Waals surface area contributed by atoms with Crippen LogP contribution in [0.5, 0.6) is 0 Å². The molecule has 1 atom stereocenters. The van der Waals surface area contributed by atoms with Crippen LogP contribution >= 0.6 is 22.6 Å². The maximum absolute atomic E-state index is 5.67. The van der Waals surface area contributed by atoms with Crippen molar-refractivity contribution in [1.82, 2.24) is 9.97 Å². The topological polar surface area (TPSA) is 47.0 Å². The summed E-state index contributed by atoms with van der Waals surface area (Å²) in [7, 11) is 1.86. The van der Waals surface area contributed by atoms with Crippen LogP contribution in [0.1, 0.15) is 32.7 Å². The van der Waals surface area contributed by atoms with Gasteiger partial charge in [0.1, 0.15) is 11.9 Å². The van der Waals surface area contributed by atoms with E-state index in [-0.39, 0.29) is 6.10 Å². The molecular formula is C11H18IN3O. The number of hydrogen-bond acceptors (Lipinski definition) is 4. The smallest absolute Gasteiger partial charge is 0.159 e. The molecule has 0 saturated heterocycles. The van der Waals surface area contributed by atoms with E-state index < -0.39 is 0 Å². The predicted molar refractivity (Wildman–Crippen MR) is 73.5 cm³/mol. The zero-order chi connectivity index (χ0) is 12.1. The van der Waals surface area contributed by atoms with E-state index in [2.05, 4.69) is 51.7 Å². The van der Waals surface area contributed by atoms with E-state index in [0.29, 0.717) is 12.5 Å². The van der Waals surface area contributed by atoms with Crippen LogP contribution in [0.4, 0.5) is 5.82 Å². The Morgan fingerprint density at radius 3 is 2.69 bits per heavy atom. The summed E-state index contributed by atoms with van der Waals surface area (Å²) >= 11 is 2.21. The minimum atomic E-state index is -0.0332. The summed E-state index contributed by atoms with van der Waals surface area (Å²) in [6.45, 7) is 6.88. The first-order chi connectivity index (χ1) is 7.60. The van der Waals surface area contributed by atoms with Crippen LogP contribution in [0.3, 0.4) is 0 Å². The van der Waals surface area contributed by atoms with Crippen LogP contribution in [0, 0.1) is 9.49 Å². The molecule has 16 heavy (non-hydrogen) atoms. The normalized spacial score (nSPS) is 12.9. The van der Waals surface area contributed by atoms with Gasteiger partial charge >= 0.3 is 0 Å². The molecule has 1 unspecified atom stereocenters. The molecule has 0 aromatic carbocycles. The summed E-state index contributed by atoms with van der Waals surface area (Å²) < 4.78 is 6.69. The molecule has 0 amide bonds. The monoisotopic (exact) mass is 335 g/mol. The highest BCUT2D eigenvalue weighted by molar-refractivity contribution is 14.1. The van der Waals surface area contributed by atoms with E-state index in [1.165, 1.54) is 0 Å². The second kappa shape index (κ2) is 6.34. The van der Waals surface area contributed by atoms with Gasteiger partial charge in [-0.25, -0.2) is 9.97 Å². The molecule has 0 radical (unpaired) electrons. The third kappa shape index (κ3) is 3.28. The maximum Gasteiger partial charge on any atom is 0.159 e. The average Bonchev–Trinajstić information content (AvgIpc) is 2.26. The second-order valence-electron chi connectivity index (χ2n) is 3.79. The molecule has 0 aliphatic rings. The van der Waals surface area contributed by atoms with Crippen molar-refractivity contribution in [3.8, 4) is 0 Å². The van der Waals surface area contributed by atoms with Gasteiger partial charge in [0.25, 0.3) is 0 Å². The van der Waals surface area contributed by atoms with E-state index in [1.807, 2.05) is 20.2 Å². The van der Waals surface area contributed by atoms with Crippen molar-refractivity contribution in [2.45, 2.75) is 26.9 Å². The molecule has 90 valence electrons. The van der Waals surface area contributed by atoms with E-state index in [9.17, 15) is 0 Å². The summed E-state index contributed by atoms with van der Waals surface area (Å²) in [5.41, 5.74) is 0. The molecular weight excluding hydrogens is 317 g/mol.